The second-order valence-electron chi connectivity index (χ2n) is 5.26. The average Bonchev–Trinajstić information content (AvgIpc) is 2.53. The van der Waals surface area contributed by atoms with Crippen LogP contribution in [0.1, 0.15) is 0 Å². The van der Waals surface area contributed by atoms with Crippen molar-refractivity contribution >= 4 is 42.4 Å². The van der Waals surface area contributed by atoms with Gasteiger partial charge in [0, 0.05) is 16.8 Å². The Labute approximate surface area is 144 Å². The molecule has 0 saturated heterocycles. The van der Waals surface area contributed by atoms with E-state index in [1.54, 1.807) is 30.3 Å². The monoisotopic (exact) mass is 379 g/mol. The van der Waals surface area contributed by atoms with Crippen LogP contribution in [-0.4, -0.2) is 25.9 Å². The van der Waals surface area contributed by atoms with Crippen molar-refractivity contribution in [3.05, 3.63) is 60.7 Å². The van der Waals surface area contributed by atoms with Gasteiger partial charge >= 0.3 is 0 Å². The number of benzene rings is 3. The lowest BCUT2D eigenvalue weighted by Gasteiger charge is -2.13. The minimum atomic E-state index is -4.45. The lowest BCUT2D eigenvalue weighted by atomic mass is 10.1. The lowest BCUT2D eigenvalue weighted by Crippen LogP contribution is -2.02. The second-order valence-corrected chi connectivity index (χ2v) is 8.07. The second kappa shape index (κ2) is 6.12. The maximum absolute atomic E-state index is 11.7. The Balaban J connectivity index is 2.18. The molecule has 3 aromatic rings. The summed E-state index contributed by atoms with van der Waals surface area (Å²) in [7, 11) is -8.82. The number of fused-ring (bicyclic) bond motifs is 1. The van der Waals surface area contributed by atoms with Crippen LogP contribution in [-0.2, 0) is 20.2 Å². The fourth-order valence-electron chi connectivity index (χ4n) is 2.52. The van der Waals surface area contributed by atoms with Crippen molar-refractivity contribution < 1.29 is 25.9 Å². The molecule has 0 spiro atoms. The van der Waals surface area contributed by atoms with Gasteiger partial charge in [-0.15, -0.1) is 0 Å². The molecule has 0 aromatic heterocycles. The number of rotatable bonds is 4. The number of hydrogen-bond donors (Lipinski definition) is 3. The molecule has 0 aliphatic rings. The normalized spacial score (nSPS) is 12.2. The van der Waals surface area contributed by atoms with Crippen LogP contribution in [0.25, 0.3) is 10.8 Å². The zero-order chi connectivity index (χ0) is 18.2. The van der Waals surface area contributed by atoms with E-state index in [1.165, 1.54) is 30.3 Å². The molecule has 130 valence electrons. The highest BCUT2D eigenvalue weighted by molar-refractivity contribution is 7.86. The van der Waals surface area contributed by atoms with Gasteiger partial charge in [-0.1, -0.05) is 30.3 Å². The molecule has 3 aromatic carbocycles. The Morgan fingerprint density at radius 2 is 1.40 bits per heavy atom. The van der Waals surface area contributed by atoms with Gasteiger partial charge in [0.1, 0.15) is 4.90 Å². The van der Waals surface area contributed by atoms with Crippen LogP contribution in [0.5, 0.6) is 0 Å². The number of nitrogens with one attached hydrogen (secondary N) is 1. The molecule has 0 aliphatic carbocycles. The summed E-state index contributed by atoms with van der Waals surface area (Å²) in [5.41, 5.74) is 0.686. The zero-order valence-electron chi connectivity index (χ0n) is 12.6. The van der Waals surface area contributed by atoms with Gasteiger partial charge in [0.25, 0.3) is 20.2 Å². The highest BCUT2D eigenvalue weighted by Crippen LogP contribution is 2.32. The molecule has 3 N–H and O–H groups in total. The largest absolute Gasteiger partial charge is 0.355 e. The van der Waals surface area contributed by atoms with E-state index in [1.807, 2.05) is 0 Å². The minimum Gasteiger partial charge on any atom is -0.355 e. The first-order valence-electron chi connectivity index (χ1n) is 7.00. The van der Waals surface area contributed by atoms with E-state index in [9.17, 15) is 21.4 Å². The highest BCUT2D eigenvalue weighted by atomic mass is 32.2. The third-order valence-electron chi connectivity index (χ3n) is 3.56. The van der Waals surface area contributed by atoms with Crippen molar-refractivity contribution in [1.82, 2.24) is 0 Å². The molecule has 25 heavy (non-hydrogen) atoms. The summed E-state index contributed by atoms with van der Waals surface area (Å²) in [4.78, 5) is -0.563. The predicted molar refractivity (Wildman–Crippen MR) is 93.3 cm³/mol. The highest BCUT2D eigenvalue weighted by Gasteiger charge is 2.17. The van der Waals surface area contributed by atoms with E-state index in [0.29, 0.717) is 16.8 Å². The smallest absolute Gasteiger partial charge is 0.295 e. The van der Waals surface area contributed by atoms with E-state index in [0.717, 1.165) is 0 Å². The molecule has 0 unspecified atom stereocenters. The summed E-state index contributed by atoms with van der Waals surface area (Å²) in [6, 6.07) is 14.9. The van der Waals surface area contributed by atoms with Crippen LogP contribution in [0.2, 0.25) is 0 Å². The molecule has 7 nitrogen and oxygen atoms in total. The molecular formula is C16H13NO6S2. The van der Waals surface area contributed by atoms with E-state index in [2.05, 4.69) is 5.32 Å². The van der Waals surface area contributed by atoms with Gasteiger partial charge < -0.3 is 5.32 Å². The molecule has 0 aliphatic heterocycles. The molecule has 9 heteroatoms. The van der Waals surface area contributed by atoms with Crippen LogP contribution >= 0.6 is 0 Å². The number of hydrogen-bond acceptors (Lipinski definition) is 5. The fraction of sp³-hybridized carbons (Fsp3) is 0. The van der Waals surface area contributed by atoms with Gasteiger partial charge in [-0.05, 0) is 35.7 Å². The predicted octanol–water partition coefficient (Wildman–Crippen LogP) is 3.08. The van der Waals surface area contributed by atoms with Crippen LogP contribution < -0.4 is 5.32 Å². The Morgan fingerprint density at radius 1 is 0.760 bits per heavy atom. The molecule has 0 radical (unpaired) electrons. The molecule has 0 atom stereocenters. The summed E-state index contributed by atoms with van der Waals surface area (Å²) >= 11 is 0. The van der Waals surface area contributed by atoms with Gasteiger partial charge in [-0.2, -0.15) is 16.8 Å². The average molecular weight is 379 g/mol. The first-order valence-corrected chi connectivity index (χ1v) is 9.88. The third kappa shape index (κ3) is 3.64. The van der Waals surface area contributed by atoms with Crippen LogP contribution in [0.15, 0.2) is 70.5 Å². The van der Waals surface area contributed by atoms with Crippen LogP contribution in [0.4, 0.5) is 11.4 Å². The quantitative estimate of drug-likeness (QED) is 0.596. The fourth-order valence-corrected chi connectivity index (χ4v) is 3.78. The van der Waals surface area contributed by atoms with Crippen LogP contribution in [0.3, 0.4) is 0 Å². The Bertz CT molecular complexity index is 1160. The third-order valence-corrected chi connectivity index (χ3v) is 5.30. The van der Waals surface area contributed by atoms with Gasteiger partial charge in [-0.25, -0.2) is 0 Å². The van der Waals surface area contributed by atoms with Gasteiger partial charge in [0.2, 0.25) is 0 Å². The Morgan fingerprint density at radius 3 is 2.04 bits per heavy atom. The van der Waals surface area contributed by atoms with E-state index >= 15 is 0 Å². The zero-order valence-corrected chi connectivity index (χ0v) is 14.3. The van der Waals surface area contributed by atoms with Crippen molar-refractivity contribution in [1.29, 1.82) is 0 Å². The molecular weight excluding hydrogens is 366 g/mol. The molecule has 0 saturated carbocycles. The van der Waals surface area contributed by atoms with Crippen molar-refractivity contribution in [3.63, 3.8) is 0 Å². The van der Waals surface area contributed by atoms with E-state index in [4.69, 9.17) is 4.55 Å². The SMILES string of the molecule is O=S(=O)(O)c1cccc(Nc2cccc3cccc(S(=O)(=O)O)c23)c1. The first kappa shape index (κ1) is 17.4. The summed E-state index contributed by atoms with van der Waals surface area (Å²) in [5.74, 6) is 0. The standard InChI is InChI=1S/C16H13NO6S2/c18-24(19,20)13-7-3-6-12(10-13)17-14-8-1-4-11-5-2-9-15(16(11)14)25(21,22)23/h1-10,17H,(H,18,19,20)(H,21,22,23). The maximum Gasteiger partial charge on any atom is 0.295 e. The Hall–Kier alpha value is -2.46. The maximum atomic E-state index is 11.7. The molecule has 0 amide bonds. The minimum absolute atomic E-state index is 0.265. The summed E-state index contributed by atoms with van der Waals surface area (Å²) in [6.45, 7) is 0. The van der Waals surface area contributed by atoms with Crippen molar-refractivity contribution in [2.75, 3.05) is 5.32 Å². The van der Waals surface area contributed by atoms with Gasteiger partial charge in [0.15, 0.2) is 0 Å². The van der Waals surface area contributed by atoms with Crippen molar-refractivity contribution in [2.24, 2.45) is 0 Å². The topological polar surface area (TPSA) is 121 Å². The molecule has 0 heterocycles. The van der Waals surface area contributed by atoms with Crippen LogP contribution in [0, 0.1) is 0 Å². The lowest BCUT2D eigenvalue weighted by molar-refractivity contribution is 0.481. The van der Waals surface area contributed by atoms with Crippen molar-refractivity contribution in [3.8, 4) is 0 Å². The van der Waals surface area contributed by atoms with Gasteiger partial charge in [0.05, 0.1) is 4.90 Å². The summed E-state index contributed by atoms with van der Waals surface area (Å²) in [5, 5.41) is 3.76. The Kier molecular flexibility index (Phi) is 4.25. The summed E-state index contributed by atoms with van der Waals surface area (Å²) in [6.07, 6.45) is 0. The van der Waals surface area contributed by atoms with Crippen molar-refractivity contribution in [2.45, 2.75) is 9.79 Å². The molecule has 3 rings (SSSR count). The molecule has 0 fully saturated rings. The first-order chi connectivity index (χ1) is 11.7. The molecule has 0 bridgehead atoms. The summed E-state index contributed by atoms with van der Waals surface area (Å²) < 4.78 is 64.4. The van der Waals surface area contributed by atoms with E-state index in [-0.39, 0.29) is 15.2 Å². The number of anilines is 2. The van der Waals surface area contributed by atoms with E-state index < -0.39 is 20.2 Å². The van der Waals surface area contributed by atoms with Gasteiger partial charge in [-0.3, -0.25) is 9.11 Å².